The van der Waals surface area contributed by atoms with Crippen molar-refractivity contribution >= 4 is 11.8 Å². The number of thioether (sulfide) groups is 1. The standard InChI is InChI=1S/C15H29NOS/c1-3-9-16-12-15(7-4-11-18-2)8-10-17-14(15)13-5-6-13/h13-14,16H,3-12H2,1-2H3. The molecule has 1 saturated carbocycles. The van der Waals surface area contributed by atoms with E-state index in [2.05, 4.69) is 18.5 Å². The molecule has 2 nitrogen and oxygen atoms in total. The summed E-state index contributed by atoms with van der Waals surface area (Å²) in [5.41, 5.74) is 0.450. The van der Waals surface area contributed by atoms with Crippen molar-refractivity contribution in [2.24, 2.45) is 11.3 Å². The molecule has 1 heterocycles. The van der Waals surface area contributed by atoms with Crippen LogP contribution in [0, 0.1) is 11.3 Å². The number of nitrogens with one attached hydrogen (secondary N) is 1. The van der Waals surface area contributed by atoms with Crippen molar-refractivity contribution in [1.29, 1.82) is 0 Å². The summed E-state index contributed by atoms with van der Waals surface area (Å²) >= 11 is 1.98. The van der Waals surface area contributed by atoms with Crippen LogP contribution in [-0.4, -0.2) is 37.8 Å². The fraction of sp³-hybridized carbons (Fsp3) is 1.00. The van der Waals surface area contributed by atoms with Crippen molar-refractivity contribution in [1.82, 2.24) is 5.32 Å². The van der Waals surface area contributed by atoms with E-state index in [1.54, 1.807) is 0 Å². The van der Waals surface area contributed by atoms with Gasteiger partial charge in [-0.25, -0.2) is 0 Å². The van der Waals surface area contributed by atoms with Crippen molar-refractivity contribution in [2.75, 3.05) is 31.7 Å². The minimum atomic E-state index is 0.450. The molecule has 2 atom stereocenters. The lowest BCUT2D eigenvalue weighted by Crippen LogP contribution is -2.42. The molecule has 1 aliphatic carbocycles. The lowest BCUT2D eigenvalue weighted by molar-refractivity contribution is 0.0264. The van der Waals surface area contributed by atoms with E-state index in [0.29, 0.717) is 11.5 Å². The van der Waals surface area contributed by atoms with E-state index in [0.717, 1.165) is 19.1 Å². The van der Waals surface area contributed by atoms with Gasteiger partial charge in [-0.2, -0.15) is 11.8 Å². The van der Waals surface area contributed by atoms with Gasteiger partial charge in [0.1, 0.15) is 0 Å². The first kappa shape index (κ1) is 14.7. The highest BCUT2D eigenvalue weighted by atomic mass is 32.2. The SMILES string of the molecule is CCCNCC1(CCCSC)CCOC1C1CC1. The van der Waals surface area contributed by atoms with E-state index in [-0.39, 0.29) is 0 Å². The molecule has 0 radical (unpaired) electrons. The monoisotopic (exact) mass is 271 g/mol. The topological polar surface area (TPSA) is 21.3 Å². The number of hydrogen-bond acceptors (Lipinski definition) is 3. The normalized spacial score (nSPS) is 32.0. The third-order valence-corrected chi connectivity index (χ3v) is 5.17. The summed E-state index contributed by atoms with van der Waals surface area (Å²) in [6, 6.07) is 0. The highest BCUT2D eigenvalue weighted by Crippen LogP contribution is 2.49. The Balaban J connectivity index is 1.91. The Morgan fingerprint density at radius 1 is 1.39 bits per heavy atom. The maximum Gasteiger partial charge on any atom is 0.0672 e. The molecule has 1 saturated heterocycles. The van der Waals surface area contributed by atoms with Crippen LogP contribution in [0.25, 0.3) is 0 Å². The Hall–Kier alpha value is 0.270. The molecule has 2 rings (SSSR count). The number of hydrogen-bond donors (Lipinski definition) is 1. The average molecular weight is 271 g/mol. The van der Waals surface area contributed by atoms with Crippen molar-refractivity contribution in [3.63, 3.8) is 0 Å². The molecule has 1 N–H and O–H groups in total. The van der Waals surface area contributed by atoms with Gasteiger partial charge in [0.25, 0.3) is 0 Å². The highest BCUT2D eigenvalue weighted by molar-refractivity contribution is 7.98. The zero-order valence-corrected chi connectivity index (χ0v) is 12.9. The molecule has 106 valence electrons. The molecule has 0 aromatic heterocycles. The summed E-state index contributed by atoms with van der Waals surface area (Å²) in [6.45, 7) is 5.57. The second kappa shape index (κ2) is 7.16. The van der Waals surface area contributed by atoms with Crippen LogP contribution in [-0.2, 0) is 4.74 Å². The van der Waals surface area contributed by atoms with Crippen LogP contribution in [0.5, 0.6) is 0 Å². The first-order chi connectivity index (χ1) is 8.82. The molecule has 1 aliphatic heterocycles. The quantitative estimate of drug-likeness (QED) is 0.650. The molecule has 0 bridgehead atoms. The van der Waals surface area contributed by atoms with Gasteiger partial charge in [0.2, 0.25) is 0 Å². The predicted molar refractivity (Wildman–Crippen MR) is 80.3 cm³/mol. The lowest BCUT2D eigenvalue weighted by atomic mass is 9.75. The average Bonchev–Trinajstić information content (AvgIpc) is 3.13. The molecular weight excluding hydrogens is 242 g/mol. The van der Waals surface area contributed by atoms with Gasteiger partial charge in [0, 0.05) is 18.6 Å². The molecule has 18 heavy (non-hydrogen) atoms. The molecule has 0 amide bonds. The Kier molecular flexibility index (Phi) is 5.84. The van der Waals surface area contributed by atoms with Crippen molar-refractivity contribution in [3.05, 3.63) is 0 Å². The summed E-state index contributed by atoms with van der Waals surface area (Å²) in [7, 11) is 0. The van der Waals surface area contributed by atoms with Gasteiger partial charge < -0.3 is 10.1 Å². The van der Waals surface area contributed by atoms with Gasteiger partial charge in [-0.3, -0.25) is 0 Å². The van der Waals surface area contributed by atoms with Crippen molar-refractivity contribution in [3.8, 4) is 0 Å². The van der Waals surface area contributed by atoms with Crippen LogP contribution in [0.15, 0.2) is 0 Å². The predicted octanol–water partition coefficient (Wildman–Crippen LogP) is 3.31. The lowest BCUT2D eigenvalue weighted by Gasteiger charge is -2.35. The third kappa shape index (κ3) is 3.64. The van der Waals surface area contributed by atoms with E-state index in [1.807, 2.05) is 11.8 Å². The van der Waals surface area contributed by atoms with Crippen molar-refractivity contribution < 1.29 is 4.74 Å². The molecule has 3 heteroatoms. The second-order valence-corrected chi connectivity index (χ2v) is 7.00. The summed E-state index contributed by atoms with van der Waals surface area (Å²) < 4.78 is 6.11. The van der Waals surface area contributed by atoms with E-state index in [1.165, 1.54) is 50.8 Å². The van der Waals surface area contributed by atoms with E-state index < -0.39 is 0 Å². The maximum absolute atomic E-state index is 6.11. The summed E-state index contributed by atoms with van der Waals surface area (Å²) in [4.78, 5) is 0. The minimum Gasteiger partial charge on any atom is -0.377 e. The van der Waals surface area contributed by atoms with Crippen LogP contribution in [0.2, 0.25) is 0 Å². The summed E-state index contributed by atoms with van der Waals surface area (Å²) in [6.07, 6.45) is 10.8. The fourth-order valence-electron chi connectivity index (χ4n) is 3.37. The number of rotatable bonds is 9. The van der Waals surface area contributed by atoms with Gasteiger partial charge >= 0.3 is 0 Å². The Bertz CT molecular complexity index is 233. The maximum atomic E-state index is 6.11. The minimum absolute atomic E-state index is 0.450. The van der Waals surface area contributed by atoms with E-state index in [9.17, 15) is 0 Å². The smallest absolute Gasteiger partial charge is 0.0672 e. The van der Waals surface area contributed by atoms with Crippen LogP contribution in [0.3, 0.4) is 0 Å². The zero-order valence-electron chi connectivity index (χ0n) is 12.0. The first-order valence-electron chi connectivity index (χ1n) is 7.63. The highest BCUT2D eigenvalue weighted by Gasteiger charge is 2.50. The molecule has 0 aromatic rings. The second-order valence-electron chi connectivity index (χ2n) is 6.01. The van der Waals surface area contributed by atoms with Gasteiger partial charge in [-0.1, -0.05) is 6.92 Å². The van der Waals surface area contributed by atoms with Crippen LogP contribution < -0.4 is 5.32 Å². The van der Waals surface area contributed by atoms with Crippen molar-refractivity contribution in [2.45, 2.75) is 51.6 Å². The van der Waals surface area contributed by atoms with E-state index in [4.69, 9.17) is 4.74 Å². The van der Waals surface area contributed by atoms with Gasteiger partial charge in [-0.15, -0.1) is 0 Å². The molecule has 2 fully saturated rings. The zero-order chi connectivity index (χ0) is 12.8. The largest absolute Gasteiger partial charge is 0.377 e. The van der Waals surface area contributed by atoms with Gasteiger partial charge in [0.15, 0.2) is 0 Å². The Labute approximate surface area is 117 Å². The van der Waals surface area contributed by atoms with Crippen LogP contribution in [0.1, 0.15) is 45.4 Å². The van der Waals surface area contributed by atoms with Crippen LogP contribution in [0.4, 0.5) is 0 Å². The number of ether oxygens (including phenoxy) is 1. The summed E-state index contributed by atoms with van der Waals surface area (Å²) in [5.74, 6) is 2.18. The fourth-order valence-corrected chi connectivity index (χ4v) is 3.80. The first-order valence-corrected chi connectivity index (χ1v) is 9.03. The molecule has 2 aliphatic rings. The Morgan fingerprint density at radius 3 is 2.89 bits per heavy atom. The third-order valence-electron chi connectivity index (χ3n) is 4.48. The van der Waals surface area contributed by atoms with Crippen LogP contribution >= 0.6 is 11.8 Å². The molecular formula is C15H29NOS. The molecule has 2 unspecified atom stereocenters. The molecule has 0 aromatic carbocycles. The van der Waals surface area contributed by atoms with Gasteiger partial charge in [-0.05, 0) is 63.0 Å². The molecule has 0 spiro atoms. The summed E-state index contributed by atoms with van der Waals surface area (Å²) in [5, 5.41) is 3.67. The van der Waals surface area contributed by atoms with Gasteiger partial charge in [0.05, 0.1) is 6.10 Å². The van der Waals surface area contributed by atoms with E-state index >= 15 is 0 Å². The Morgan fingerprint density at radius 2 is 2.22 bits per heavy atom.